The summed E-state index contributed by atoms with van der Waals surface area (Å²) in [5.41, 5.74) is 1.80. The fourth-order valence-corrected chi connectivity index (χ4v) is 4.17. The van der Waals surface area contributed by atoms with Crippen LogP contribution in [-0.2, 0) is 9.84 Å². The van der Waals surface area contributed by atoms with Gasteiger partial charge in [-0.25, -0.2) is 8.42 Å². The number of sulfone groups is 1. The van der Waals surface area contributed by atoms with Gasteiger partial charge in [0.15, 0.2) is 15.4 Å². The number of aromatic amines is 1. The van der Waals surface area contributed by atoms with Crippen molar-refractivity contribution in [2.75, 3.05) is 18.6 Å². The molecule has 7 heteroatoms. The summed E-state index contributed by atoms with van der Waals surface area (Å²) >= 11 is 0. The van der Waals surface area contributed by atoms with Crippen LogP contribution in [0.2, 0.25) is 0 Å². The van der Waals surface area contributed by atoms with Gasteiger partial charge in [0.1, 0.15) is 5.69 Å². The van der Waals surface area contributed by atoms with Gasteiger partial charge in [-0.15, -0.1) is 0 Å². The molecule has 1 atom stereocenters. The largest absolute Gasteiger partial charge is 0.463 e. The van der Waals surface area contributed by atoms with Crippen molar-refractivity contribution in [1.29, 1.82) is 0 Å². The SMILES string of the molecule is CN(C(=O)c1cc2occc2[nH]1)C1CCS(=O)(=O)C1. The molecule has 1 N–H and O–H groups in total. The topological polar surface area (TPSA) is 83.4 Å². The molecule has 0 spiro atoms. The van der Waals surface area contributed by atoms with Gasteiger partial charge >= 0.3 is 0 Å². The Balaban J connectivity index is 1.82. The maximum atomic E-state index is 12.3. The number of furan rings is 1. The molecule has 3 rings (SSSR count). The van der Waals surface area contributed by atoms with Crippen molar-refractivity contribution in [3.63, 3.8) is 0 Å². The molecule has 0 aromatic carbocycles. The normalized spacial score (nSPS) is 21.8. The molecule has 0 bridgehead atoms. The van der Waals surface area contributed by atoms with Crippen LogP contribution in [0.3, 0.4) is 0 Å². The van der Waals surface area contributed by atoms with E-state index in [0.717, 1.165) is 5.52 Å². The molecule has 0 saturated carbocycles. The minimum Gasteiger partial charge on any atom is -0.463 e. The summed E-state index contributed by atoms with van der Waals surface area (Å²) in [5, 5.41) is 0. The molecule has 6 nitrogen and oxygen atoms in total. The van der Waals surface area contributed by atoms with E-state index < -0.39 is 9.84 Å². The lowest BCUT2D eigenvalue weighted by atomic mass is 10.2. The molecule has 1 amide bonds. The zero-order chi connectivity index (χ0) is 13.6. The summed E-state index contributed by atoms with van der Waals surface area (Å²) < 4.78 is 28.1. The zero-order valence-electron chi connectivity index (χ0n) is 10.4. The second-order valence-electron chi connectivity index (χ2n) is 4.85. The van der Waals surface area contributed by atoms with Crippen LogP contribution in [0.4, 0.5) is 0 Å². The number of hydrogen-bond acceptors (Lipinski definition) is 4. The summed E-state index contributed by atoms with van der Waals surface area (Å²) in [7, 11) is -1.36. The van der Waals surface area contributed by atoms with Gasteiger partial charge in [-0.05, 0) is 6.42 Å². The number of rotatable bonds is 2. The van der Waals surface area contributed by atoms with Crippen LogP contribution in [0.5, 0.6) is 0 Å². The number of H-pyrrole nitrogens is 1. The molecule has 102 valence electrons. The summed E-state index contributed by atoms with van der Waals surface area (Å²) in [5.74, 6) is -0.0115. The quantitative estimate of drug-likeness (QED) is 0.891. The maximum Gasteiger partial charge on any atom is 0.270 e. The van der Waals surface area contributed by atoms with E-state index in [9.17, 15) is 13.2 Å². The van der Waals surface area contributed by atoms with Crippen molar-refractivity contribution < 1.29 is 17.6 Å². The average molecular weight is 282 g/mol. The van der Waals surface area contributed by atoms with Crippen LogP contribution in [0.15, 0.2) is 22.8 Å². The third kappa shape index (κ3) is 2.14. The Morgan fingerprint density at radius 2 is 2.32 bits per heavy atom. The third-order valence-corrected chi connectivity index (χ3v) is 5.30. The number of hydrogen-bond donors (Lipinski definition) is 1. The first kappa shape index (κ1) is 12.3. The standard InChI is InChI=1S/C12H14N2O4S/c1-14(8-3-5-19(16,17)7-8)12(15)10-6-11-9(13-10)2-4-18-11/h2,4,6,8,13H,3,5,7H2,1H3. The molecule has 0 radical (unpaired) electrons. The number of nitrogens with zero attached hydrogens (tertiary/aromatic N) is 1. The minimum absolute atomic E-state index is 0.0477. The number of carbonyl (C=O) groups is 1. The van der Waals surface area contributed by atoms with E-state index in [1.807, 2.05) is 0 Å². The Hall–Kier alpha value is -1.76. The minimum atomic E-state index is -2.99. The molecule has 1 unspecified atom stereocenters. The highest BCUT2D eigenvalue weighted by Gasteiger charge is 2.33. The van der Waals surface area contributed by atoms with E-state index in [1.165, 1.54) is 4.90 Å². The molecule has 2 aromatic heterocycles. The van der Waals surface area contributed by atoms with Gasteiger partial charge in [0.25, 0.3) is 5.91 Å². The summed E-state index contributed by atoms with van der Waals surface area (Å²) in [4.78, 5) is 16.7. The molecule has 1 saturated heterocycles. The second kappa shape index (κ2) is 4.12. The maximum absolute atomic E-state index is 12.3. The van der Waals surface area contributed by atoms with Crippen molar-refractivity contribution in [2.45, 2.75) is 12.5 Å². The lowest BCUT2D eigenvalue weighted by Crippen LogP contribution is -2.37. The number of carbonyl (C=O) groups excluding carboxylic acids is 1. The van der Waals surface area contributed by atoms with Gasteiger partial charge in [-0.2, -0.15) is 0 Å². The Bertz CT molecular complexity index is 699. The van der Waals surface area contributed by atoms with E-state index >= 15 is 0 Å². The number of aromatic nitrogens is 1. The molecule has 1 aliphatic rings. The molecule has 1 aliphatic heterocycles. The number of fused-ring (bicyclic) bond motifs is 1. The highest BCUT2D eigenvalue weighted by atomic mass is 32.2. The molecule has 1 fully saturated rings. The van der Waals surface area contributed by atoms with Crippen LogP contribution >= 0.6 is 0 Å². The second-order valence-corrected chi connectivity index (χ2v) is 7.08. The van der Waals surface area contributed by atoms with Crippen molar-refractivity contribution in [3.8, 4) is 0 Å². The Labute approximate surface area is 110 Å². The van der Waals surface area contributed by atoms with Gasteiger partial charge in [0.2, 0.25) is 0 Å². The first-order valence-electron chi connectivity index (χ1n) is 6.00. The van der Waals surface area contributed by atoms with Gasteiger partial charge in [-0.1, -0.05) is 0 Å². The third-order valence-electron chi connectivity index (χ3n) is 3.55. The first-order chi connectivity index (χ1) is 8.96. The van der Waals surface area contributed by atoms with E-state index in [0.29, 0.717) is 17.7 Å². The van der Waals surface area contributed by atoms with Crippen molar-refractivity contribution in [2.24, 2.45) is 0 Å². The molecule has 0 aliphatic carbocycles. The highest BCUT2D eigenvalue weighted by molar-refractivity contribution is 7.91. The molecular weight excluding hydrogens is 268 g/mol. The van der Waals surface area contributed by atoms with Crippen LogP contribution < -0.4 is 0 Å². The fourth-order valence-electron chi connectivity index (χ4n) is 2.40. The van der Waals surface area contributed by atoms with Crippen molar-refractivity contribution >= 4 is 26.8 Å². The lowest BCUT2D eigenvalue weighted by molar-refractivity contribution is 0.0742. The molecule has 19 heavy (non-hydrogen) atoms. The average Bonchev–Trinajstić information content (AvgIpc) is 3.00. The van der Waals surface area contributed by atoms with Crippen molar-refractivity contribution in [3.05, 3.63) is 24.1 Å². The summed E-state index contributed by atoms with van der Waals surface area (Å²) in [6.45, 7) is 0. The van der Waals surface area contributed by atoms with Crippen LogP contribution in [-0.4, -0.2) is 48.8 Å². The number of amides is 1. The van der Waals surface area contributed by atoms with Gasteiger partial charge < -0.3 is 14.3 Å². The monoisotopic (exact) mass is 282 g/mol. The Kier molecular flexibility index (Phi) is 2.67. The highest BCUT2D eigenvalue weighted by Crippen LogP contribution is 2.21. The van der Waals surface area contributed by atoms with E-state index in [1.54, 1.807) is 25.4 Å². The Morgan fingerprint density at radius 1 is 1.53 bits per heavy atom. The van der Waals surface area contributed by atoms with E-state index in [2.05, 4.69) is 4.98 Å². The predicted octanol–water partition coefficient (Wildman–Crippen LogP) is 1.02. The van der Waals surface area contributed by atoms with Crippen LogP contribution in [0, 0.1) is 0 Å². The zero-order valence-corrected chi connectivity index (χ0v) is 11.2. The summed E-state index contributed by atoms with van der Waals surface area (Å²) in [6.07, 6.45) is 2.05. The fraction of sp³-hybridized carbons (Fsp3) is 0.417. The van der Waals surface area contributed by atoms with Gasteiger partial charge in [-0.3, -0.25) is 4.79 Å². The van der Waals surface area contributed by atoms with Crippen LogP contribution in [0.1, 0.15) is 16.9 Å². The molecule has 3 heterocycles. The van der Waals surface area contributed by atoms with Gasteiger partial charge in [0, 0.05) is 25.2 Å². The smallest absolute Gasteiger partial charge is 0.270 e. The lowest BCUT2D eigenvalue weighted by Gasteiger charge is -2.22. The number of nitrogens with one attached hydrogen (secondary N) is 1. The first-order valence-corrected chi connectivity index (χ1v) is 7.82. The van der Waals surface area contributed by atoms with E-state index in [-0.39, 0.29) is 23.5 Å². The van der Waals surface area contributed by atoms with Crippen molar-refractivity contribution in [1.82, 2.24) is 9.88 Å². The predicted molar refractivity (Wildman–Crippen MR) is 69.7 cm³/mol. The molecular formula is C12H14N2O4S. The molecule has 2 aromatic rings. The van der Waals surface area contributed by atoms with Crippen LogP contribution in [0.25, 0.3) is 11.1 Å². The Morgan fingerprint density at radius 3 is 2.95 bits per heavy atom. The summed E-state index contributed by atoms with van der Waals surface area (Å²) in [6, 6.07) is 3.14. The van der Waals surface area contributed by atoms with Gasteiger partial charge in [0.05, 0.1) is 23.3 Å². The van der Waals surface area contributed by atoms with E-state index in [4.69, 9.17) is 4.42 Å².